The van der Waals surface area contributed by atoms with E-state index >= 15 is 0 Å². The van der Waals surface area contributed by atoms with Crippen molar-refractivity contribution in [3.05, 3.63) is 146 Å². The summed E-state index contributed by atoms with van der Waals surface area (Å²) in [7, 11) is 4.06. The Hall–Kier alpha value is -5.03. The van der Waals surface area contributed by atoms with Crippen molar-refractivity contribution in [1.29, 1.82) is 0 Å². The number of aromatic nitrogens is 3. The molecule has 0 spiro atoms. The molecule has 0 aliphatic carbocycles. The second-order valence-corrected chi connectivity index (χ2v) is 11.5. The second kappa shape index (κ2) is 10.6. The minimum atomic E-state index is 0. The Bertz CT molecular complexity index is 2480. The maximum absolute atomic E-state index is 4.66. The molecule has 6 heteroatoms. The first kappa shape index (κ1) is 27.5. The summed E-state index contributed by atoms with van der Waals surface area (Å²) in [6.45, 7) is 2.06. The zero-order valence-corrected chi connectivity index (χ0v) is 27.1. The fraction of sp³-hybridized carbons (Fsp3) is 0.0513. The second-order valence-electron chi connectivity index (χ2n) is 11.5. The molecule has 0 N–H and O–H groups in total. The first-order valence-electron chi connectivity index (χ1n) is 14.8. The van der Waals surface area contributed by atoms with Crippen LogP contribution in [0.25, 0.3) is 70.9 Å². The summed E-state index contributed by atoms with van der Waals surface area (Å²) in [6, 6.07) is 36.4. The Morgan fingerprint density at radius 3 is 2.40 bits per heavy atom. The van der Waals surface area contributed by atoms with Crippen molar-refractivity contribution < 1.29 is 24.8 Å². The summed E-state index contributed by atoms with van der Waals surface area (Å²) >= 11 is 0. The zero-order chi connectivity index (χ0) is 29.4. The summed E-state index contributed by atoms with van der Waals surface area (Å²) < 4.78 is 4.06. The molecule has 0 bridgehead atoms. The van der Waals surface area contributed by atoms with E-state index in [-0.39, 0.29) is 20.1 Å². The van der Waals surface area contributed by atoms with Gasteiger partial charge in [0.1, 0.15) is 11.9 Å². The fourth-order valence-electron chi connectivity index (χ4n) is 6.81. The summed E-state index contributed by atoms with van der Waals surface area (Å²) in [5.41, 5.74) is 5.89. The SMILES string of the molecule is CN1C=C2c3ccccc3-c3ccc[c-][n+]3N2[CH-]1.Cn1[c-]c2c(c1)c1cc3c(ccc4ccccc43)cc1c1cccnc21.[Ir+3]. The summed E-state index contributed by atoms with van der Waals surface area (Å²) in [6.07, 6.45) is 12.9. The zero-order valence-electron chi connectivity index (χ0n) is 24.7. The maximum Gasteiger partial charge on any atom is 3.00 e. The maximum atomic E-state index is 4.66. The number of fused-ring (bicyclic) bond motifs is 15. The molecule has 5 heterocycles. The number of pyridine rings is 2. The minimum absolute atomic E-state index is 0. The van der Waals surface area contributed by atoms with E-state index in [4.69, 9.17) is 0 Å². The van der Waals surface area contributed by atoms with Crippen LogP contribution in [0.2, 0.25) is 0 Å². The van der Waals surface area contributed by atoms with Crippen molar-refractivity contribution in [1.82, 2.24) is 14.5 Å². The Kier molecular flexibility index (Phi) is 6.45. The molecular weight excluding hydrogens is 731 g/mol. The molecule has 3 aromatic heterocycles. The Labute approximate surface area is 274 Å². The van der Waals surface area contributed by atoms with Crippen molar-refractivity contribution in [2.75, 3.05) is 12.1 Å². The van der Waals surface area contributed by atoms with Gasteiger partial charge in [-0.15, -0.1) is 23.0 Å². The molecule has 45 heavy (non-hydrogen) atoms. The third-order valence-corrected chi connectivity index (χ3v) is 8.72. The monoisotopic (exact) mass is 758 g/mol. The topological polar surface area (TPSA) is 28.2 Å². The fourth-order valence-corrected chi connectivity index (χ4v) is 6.81. The van der Waals surface area contributed by atoms with Crippen molar-refractivity contribution >= 4 is 59.7 Å². The van der Waals surface area contributed by atoms with Crippen LogP contribution < -0.4 is 9.69 Å². The van der Waals surface area contributed by atoms with Crippen LogP contribution in [0.5, 0.6) is 0 Å². The molecule has 2 aliphatic rings. The van der Waals surface area contributed by atoms with Crippen LogP contribution in [0.4, 0.5) is 0 Å². The van der Waals surface area contributed by atoms with Gasteiger partial charge in [-0.3, -0.25) is 5.01 Å². The Morgan fingerprint density at radius 2 is 1.49 bits per heavy atom. The molecule has 8 aromatic rings. The molecule has 2 aliphatic heterocycles. The van der Waals surface area contributed by atoms with Crippen molar-refractivity contribution in [2.24, 2.45) is 7.05 Å². The predicted octanol–water partition coefficient (Wildman–Crippen LogP) is 7.74. The number of hydrogen-bond acceptors (Lipinski definition) is 3. The van der Waals surface area contributed by atoms with E-state index in [1.54, 1.807) is 0 Å². The largest absolute Gasteiger partial charge is 3.00 e. The molecule has 0 radical (unpaired) electrons. The van der Waals surface area contributed by atoms with Gasteiger partial charge in [0, 0.05) is 17.3 Å². The first-order chi connectivity index (χ1) is 21.6. The molecule has 0 atom stereocenters. The average molecular weight is 758 g/mol. The molecule has 5 nitrogen and oxygen atoms in total. The molecule has 216 valence electrons. The van der Waals surface area contributed by atoms with Gasteiger partial charge < -0.3 is 14.5 Å². The van der Waals surface area contributed by atoms with Crippen LogP contribution >= 0.6 is 0 Å². The molecule has 5 aromatic carbocycles. The van der Waals surface area contributed by atoms with E-state index in [1.807, 2.05) is 43.1 Å². The third-order valence-electron chi connectivity index (χ3n) is 8.72. The van der Waals surface area contributed by atoms with Crippen LogP contribution in [-0.4, -0.2) is 21.5 Å². The molecule has 10 rings (SSSR count). The van der Waals surface area contributed by atoms with Gasteiger partial charge in [0.2, 0.25) is 0 Å². The summed E-state index contributed by atoms with van der Waals surface area (Å²) in [4.78, 5) is 6.72. The van der Waals surface area contributed by atoms with Gasteiger partial charge in [0.25, 0.3) is 0 Å². The molecular formula is C39H27IrN5+. The number of aryl methyl sites for hydroxylation is 1. The van der Waals surface area contributed by atoms with Crippen LogP contribution in [0.3, 0.4) is 0 Å². The molecule has 0 amide bonds. The molecule has 0 saturated heterocycles. The number of rotatable bonds is 0. The Balaban J connectivity index is 0.000000139. The average Bonchev–Trinajstić information content (AvgIpc) is 3.67. The van der Waals surface area contributed by atoms with Gasteiger partial charge in [0.15, 0.2) is 0 Å². The number of benzene rings is 5. The summed E-state index contributed by atoms with van der Waals surface area (Å²) in [5.74, 6) is 0. The quantitative estimate of drug-likeness (QED) is 0.0687. The smallest absolute Gasteiger partial charge is 0.504 e. The van der Waals surface area contributed by atoms with Gasteiger partial charge in [-0.1, -0.05) is 97.1 Å². The van der Waals surface area contributed by atoms with Crippen molar-refractivity contribution in [3.8, 4) is 11.3 Å². The molecule has 0 saturated carbocycles. The van der Waals surface area contributed by atoms with Gasteiger partial charge in [0.05, 0.1) is 5.70 Å². The van der Waals surface area contributed by atoms with Gasteiger partial charge in [-0.2, -0.15) is 6.07 Å². The van der Waals surface area contributed by atoms with Crippen LogP contribution in [-0.2, 0) is 27.2 Å². The standard InChI is InChI=1S/C24H15N2.C15H12N3.Ir/c1-26-13-22-21-12-19-16(9-8-15-5-2-3-6-17(15)19)11-20(21)18-7-4-10-25-24(18)23(22)14-26;1-16-10-15-13-7-3-2-6-12(13)14-8-4-5-9-17(14)18(15)11-16;/h2-13H,1H3;2-8,10-11H,1H3;/q2*-1;+3. The van der Waals surface area contributed by atoms with Gasteiger partial charge >= 0.3 is 20.1 Å². The van der Waals surface area contributed by atoms with E-state index in [0.29, 0.717) is 0 Å². The van der Waals surface area contributed by atoms with E-state index in [9.17, 15) is 0 Å². The van der Waals surface area contributed by atoms with E-state index in [0.717, 1.165) is 16.6 Å². The van der Waals surface area contributed by atoms with Gasteiger partial charge in [-0.05, 0) is 70.3 Å². The van der Waals surface area contributed by atoms with Gasteiger partial charge in [-0.25, -0.2) is 4.68 Å². The van der Waals surface area contributed by atoms with Crippen LogP contribution in [0.15, 0.2) is 122 Å². The van der Waals surface area contributed by atoms with Crippen molar-refractivity contribution in [3.63, 3.8) is 0 Å². The van der Waals surface area contributed by atoms with Crippen LogP contribution in [0, 0.1) is 19.1 Å². The number of hydrogen-bond donors (Lipinski definition) is 0. The molecule has 0 unspecified atom stereocenters. The van der Waals surface area contributed by atoms with Crippen LogP contribution in [0.1, 0.15) is 5.56 Å². The normalized spacial score (nSPS) is 13.3. The van der Waals surface area contributed by atoms with Crippen molar-refractivity contribution in [2.45, 2.75) is 0 Å². The first-order valence-corrected chi connectivity index (χ1v) is 14.8. The van der Waals surface area contributed by atoms with E-state index in [1.165, 1.54) is 59.9 Å². The summed E-state index contributed by atoms with van der Waals surface area (Å²) in [5, 5.41) is 13.3. The molecule has 0 fully saturated rings. The number of nitrogens with zero attached hydrogens (tertiary/aromatic N) is 5. The Morgan fingerprint density at radius 1 is 0.711 bits per heavy atom. The minimum Gasteiger partial charge on any atom is -0.504 e. The van der Waals surface area contributed by atoms with E-state index in [2.05, 4.69) is 136 Å². The van der Waals surface area contributed by atoms with E-state index < -0.39 is 0 Å². The third kappa shape index (κ3) is 4.25. The predicted molar refractivity (Wildman–Crippen MR) is 179 cm³/mol.